The maximum atomic E-state index is 11.1. The zero-order valence-electron chi connectivity index (χ0n) is 9.74. The Bertz CT molecular complexity index is 587. The van der Waals surface area contributed by atoms with Gasteiger partial charge in [0, 0.05) is 19.3 Å². The monoisotopic (exact) mass is 247 g/mol. The first-order chi connectivity index (χ1) is 8.75. The summed E-state index contributed by atoms with van der Waals surface area (Å²) in [5.74, 6) is -0.971. The number of imidazole rings is 1. The molecule has 0 aliphatic carbocycles. The molecule has 0 unspecified atom stereocenters. The van der Waals surface area contributed by atoms with Crippen molar-refractivity contribution in [1.82, 2.24) is 9.38 Å². The standard InChI is InChI=1S/C12H13N3O3/c16-12(17)10-7-13-11-2-1-9(8-15(10)11)14-3-5-18-6-4-14/h1-2,7-8H,3-6H2,(H,16,17). The lowest BCUT2D eigenvalue weighted by Crippen LogP contribution is -2.36. The van der Waals surface area contributed by atoms with Gasteiger partial charge in [0.2, 0.25) is 0 Å². The molecule has 0 amide bonds. The Balaban J connectivity index is 2.03. The number of anilines is 1. The van der Waals surface area contributed by atoms with Crippen molar-refractivity contribution in [1.29, 1.82) is 0 Å². The van der Waals surface area contributed by atoms with Crippen molar-refractivity contribution < 1.29 is 14.6 Å². The molecule has 0 atom stereocenters. The molecule has 1 fully saturated rings. The van der Waals surface area contributed by atoms with Gasteiger partial charge in [-0.3, -0.25) is 4.40 Å². The van der Waals surface area contributed by atoms with Crippen molar-refractivity contribution in [3.8, 4) is 0 Å². The highest BCUT2D eigenvalue weighted by Gasteiger charge is 2.14. The normalized spacial score (nSPS) is 16.1. The highest BCUT2D eigenvalue weighted by molar-refractivity contribution is 5.86. The van der Waals surface area contributed by atoms with Gasteiger partial charge in [0.25, 0.3) is 0 Å². The highest BCUT2D eigenvalue weighted by atomic mass is 16.5. The molecule has 1 saturated heterocycles. The van der Waals surface area contributed by atoms with Gasteiger partial charge in [0.1, 0.15) is 5.65 Å². The van der Waals surface area contributed by atoms with Gasteiger partial charge >= 0.3 is 5.97 Å². The van der Waals surface area contributed by atoms with Crippen LogP contribution in [0.3, 0.4) is 0 Å². The summed E-state index contributed by atoms with van der Waals surface area (Å²) in [5.41, 5.74) is 1.82. The molecule has 0 spiro atoms. The predicted molar refractivity (Wildman–Crippen MR) is 65.2 cm³/mol. The number of morpholine rings is 1. The lowest BCUT2D eigenvalue weighted by molar-refractivity contribution is 0.0689. The third-order valence-electron chi connectivity index (χ3n) is 3.09. The molecule has 0 saturated carbocycles. The molecule has 3 rings (SSSR count). The van der Waals surface area contributed by atoms with E-state index in [9.17, 15) is 4.79 Å². The van der Waals surface area contributed by atoms with Crippen molar-refractivity contribution >= 4 is 17.3 Å². The van der Waals surface area contributed by atoms with Gasteiger partial charge in [0.15, 0.2) is 5.69 Å². The molecular formula is C12H13N3O3. The van der Waals surface area contributed by atoms with E-state index in [2.05, 4.69) is 9.88 Å². The van der Waals surface area contributed by atoms with Crippen LogP contribution in [0.25, 0.3) is 5.65 Å². The number of hydrogen-bond donors (Lipinski definition) is 1. The Morgan fingerprint density at radius 2 is 2.11 bits per heavy atom. The summed E-state index contributed by atoms with van der Waals surface area (Å²) in [6.45, 7) is 3.05. The Morgan fingerprint density at radius 3 is 2.83 bits per heavy atom. The molecular weight excluding hydrogens is 234 g/mol. The first kappa shape index (κ1) is 11.0. The summed E-state index contributed by atoms with van der Waals surface area (Å²) in [6, 6.07) is 3.79. The molecule has 6 heteroatoms. The van der Waals surface area contributed by atoms with Gasteiger partial charge in [-0.25, -0.2) is 9.78 Å². The molecule has 0 bridgehead atoms. The maximum absolute atomic E-state index is 11.1. The van der Waals surface area contributed by atoms with Crippen LogP contribution in [0.2, 0.25) is 0 Å². The zero-order chi connectivity index (χ0) is 12.5. The van der Waals surface area contributed by atoms with E-state index in [0.717, 1.165) is 18.8 Å². The third-order valence-corrected chi connectivity index (χ3v) is 3.09. The number of hydrogen-bond acceptors (Lipinski definition) is 4. The van der Waals surface area contributed by atoms with E-state index in [1.54, 1.807) is 4.40 Å². The average Bonchev–Trinajstić information content (AvgIpc) is 2.82. The Hall–Kier alpha value is -2.08. The van der Waals surface area contributed by atoms with Gasteiger partial charge < -0.3 is 14.7 Å². The van der Waals surface area contributed by atoms with Crippen molar-refractivity contribution in [2.24, 2.45) is 0 Å². The molecule has 6 nitrogen and oxygen atoms in total. The minimum atomic E-state index is -0.971. The smallest absolute Gasteiger partial charge is 0.354 e. The van der Waals surface area contributed by atoms with Crippen LogP contribution < -0.4 is 4.90 Å². The van der Waals surface area contributed by atoms with Crippen molar-refractivity contribution in [3.63, 3.8) is 0 Å². The van der Waals surface area contributed by atoms with Crippen LogP contribution in [0.15, 0.2) is 24.5 Å². The second-order valence-corrected chi connectivity index (χ2v) is 4.16. The lowest BCUT2D eigenvalue weighted by Gasteiger charge is -2.28. The number of aromatic carboxylic acids is 1. The van der Waals surface area contributed by atoms with Gasteiger partial charge in [-0.15, -0.1) is 0 Å². The Kier molecular flexibility index (Phi) is 2.64. The summed E-state index contributed by atoms with van der Waals surface area (Å²) >= 11 is 0. The number of ether oxygens (including phenoxy) is 1. The fourth-order valence-electron chi connectivity index (χ4n) is 2.14. The first-order valence-corrected chi connectivity index (χ1v) is 5.79. The number of pyridine rings is 1. The zero-order valence-corrected chi connectivity index (χ0v) is 9.74. The van der Waals surface area contributed by atoms with Crippen LogP contribution in [0.5, 0.6) is 0 Å². The molecule has 2 aromatic rings. The average molecular weight is 247 g/mol. The van der Waals surface area contributed by atoms with Gasteiger partial charge in [0.05, 0.1) is 25.1 Å². The van der Waals surface area contributed by atoms with Crippen LogP contribution >= 0.6 is 0 Å². The van der Waals surface area contributed by atoms with Gasteiger partial charge in [-0.1, -0.05) is 0 Å². The molecule has 18 heavy (non-hydrogen) atoms. The minimum absolute atomic E-state index is 0.181. The number of carbonyl (C=O) groups is 1. The number of carboxylic acid groups (broad SMARTS) is 1. The quantitative estimate of drug-likeness (QED) is 0.852. The van der Waals surface area contributed by atoms with E-state index in [1.807, 2.05) is 18.3 Å². The number of nitrogens with zero attached hydrogens (tertiary/aromatic N) is 3. The summed E-state index contributed by atoms with van der Waals surface area (Å²) < 4.78 is 6.90. The number of rotatable bonds is 2. The molecule has 2 aromatic heterocycles. The fourth-order valence-corrected chi connectivity index (χ4v) is 2.14. The Labute approximate surface area is 103 Å². The molecule has 0 aromatic carbocycles. The van der Waals surface area contributed by atoms with E-state index < -0.39 is 5.97 Å². The fraction of sp³-hybridized carbons (Fsp3) is 0.333. The largest absolute Gasteiger partial charge is 0.477 e. The maximum Gasteiger partial charge on any atom is 0.354 e. The summed E-state index contributed by atoms with van der Waals surface area (Å²) in [6.07, 6.45) is 3.19. The van der Waals surface area contributed by atoms with Crippen molar-refractivity contribution in [2.75, 3.05) is 31.2 Å². The van der Waals surface area contributed by atoms with Crippen LogP contribution in [0, 0.1) is 0 Å². The summed E-state index contributed by atoms with van der Waals surface area (Å²) in [4.78, 5) is 17.3. The number of fused-ring (bicyclic) bond motifs is 1. The molecule has 1 N–H and O–H groups in total. The van der Waals surface area contributed by atoms with E-state index in [1.165, 1.54) is 6.20 Å². The first-order valence-electron chi connectivity index (χ1n) is 5.79. The molecule has 0 radical (unpaired) electrons. The SMILES string of the molecule is O=C(O)c1cnc2ccc(N3CCOCC3)cn12. The van der Waals surface area contributed by atoms with Crippen LogP contribution in [0.1, 0.15) is 10.5 Å². The third kappa shape index (κ3) is 1.80. The van der Waals surface area contributed by atoms with E-state index in [0.29, 0.717) is 18.9 Å². The lowest BCUT2D eigenvalue weighted by atomic mass is 10.3. The molecule has 1 aliphatic heterocycles. The molecule has 3 heterocycles. The summed E-state index contributed by atoms with van der Waals surface area (Å²) in [7, 11) is 0. The predicted octanol–water partition coefficient (Wildman–Crippen LogP) is 0.869. The minimum Gasteiger partial charge on any atom is -0.477 e. The molecule has 94 valence electrons. The van der Waals surface area contributed by atoms with Crippen LogP contribution in [-0.4, -0.2) is 46.8 Å². The second-order valence-electron chi connectivity index (χ2n) is 4.16. The number of carboxylic acids is 1. The van der Waals surface area contributed by atoms with Gasteiger partial charge in [-0.05, 0) is 12.1 Å². The highest BCUT2D eigenvalue weighted by Crippen LogP contribution is 2.18. The van der Waals surface area contributed by atoms with E-state index >= 15 is 0 Å². The topological polar surface area (TPSA) is 67.1 Å². The Morgan fingerprint density at radius 1 is 1.33 bits per heavy atom. The van der Waals surface area contributed by atoms with E-state index in [-0.39, 0.29) is 5.69 Å². The van der Waals surface area contributed by atoms with Crippen molar-refractivity contribution in [2.45, 2.75) is 0 Å². The van der Waals surface area contributed by atoms with Crippen LogP contribution in [-0.2, 0) is 4.74 Å². The van der Waals surface area contributed by atoms with Crippen molar-refractivity contribution in [3.05, 3.63) is 30.2 Å². The summed E-state index contributed by atoms with van der Waals surface area (Å²) in [5, 5.41) is 9.08. The molecule has 1 aliphatic rings. The number of aromatic nitrogens is 2. The second kappa shape index (κ2) is 4.30. The van der Waals surface area contributed by atoms with Crippen LogP contribution in [0.4, 0.5) is 5.69 Å². The van der Waals surface area contributed by atoms with E-state index in [4.69, 9.17) is 9.84 Å². The van der Waals surface area contributed by atoms with Gasteiger partial charge in [-0.2, -0.15) is 0 Å².